The molecule has 0 heterocycles. The van der Waals surface area contributed by atoms with Gasteiger partial charge in [-0.2, -0.15) is 0 Å². The van der Waals surface area contributed by atoms with E-state index in [0.29, 0.717) is 5.78 Å². The number of allylic oxidation sites excluding steroid dienone is 1. The van der Waals surface area contributed by atoms with E-state index in [1.54, 1.807) is 7.11 Å². The molecule has 1 saturated carbocycles. The Balaban J connectivity index is 0.00000242. The van der Waals surface area contributed by atoms with Crippen LogP contribution in [0.2, 0.25) is 0 Å². The second kappa shape index (κ2) is 7.80. The van der Waals surface area contributed by atoms with Crippen LogP contribution in [-0.2, 0) is 4.79 Å². The van der Waals surface area contributed by atoms with Crippen LogP contribution < -0.4 is 4.74 Å². The summed E-state index contributed by atoms with van der Waals surface area (Å²) in [5.74, 6) is 1.17. The third-order valence-electron chi connectivity index (χ3n) is 4.40. The Hall–Kier alpha value is -1.32. The maximum atomic E-state index is 12.8. The van der Waals surface area contributed by atoms with Gasteiger partial charge in [-0.05, 0) is 62.7 Å². The van der Waals surface area contributed by atoms with Gasteiger partial charge in [-0.25, -0.2) is 0 Å². The smallest absolute Gasteiger partial charge is 0.166 e. The summed E-state index contributed by atoms with van der Waals surface area (Å²) in [6.45, 7) is 2.96. The van der Waals surface area contributed by atoms with Crippen LogP contribution in [0.4, 0.5) is 0 Å². The lowest BCUT2D eigenvalue weighted by Crippen LogP contribution is -2.36. The molecule has 0 aromatic heterocycles. The lowest BCUT2D eigenvalue weighted by molar-refractivity contribution is -0.123. The fourth-order valence-electron chi connectivity index (χ4n) is 3.19. The Morgan fingerprint density at radius 3 is 2.41 bits per heavy atom. The van der Waals surface area contributed by atoms with Crippen molar-refractivity contribution in [3.63, 3.8) is 0 Å². The quantitative estimate of drug-likeness (QED) is 0.771. The summed E-state index contributed by atoms with van der Waals surface area (Å²) in [6, 6.07) is 7.85. The molecular formula is C18H26ClNO2. The Morgan fingerprint density at radius 2 is 1.91 bits per heavy atom. The molecule has 1 fully saturated rings. The van der Waals surface area contributed by atoms with Crippen molar-refractivity contribution in [3.05, 3.63) is 35.4 Å². The number of hydrogen-bond acceptors (Lipinski definition) is 3. The van der Waals surface area contributed by atoms with Gasteiger partial charge in [0.1, 0.15) is 5.75 Å². The molecule has 1 unspecified atom stereocenters. The minimum Gasteiger partial charge on any atom is -0.497 e. The van der Waals surface area contributed by atoms with Gasteiger partial charge in [0.15, 0.2) is 5.78 Å². The molecule has 0 N–H and O–H groups in total. The number of ether oxygens (including phenoxy) is 1. The number of carbonyl (C=O) groups excluding carboxylic acids is 1. The zero-order chi connectivity index (χ0) is 15.5. The van der Waals surface area contributed by atoms with Crippen molar-refractivity contribution >= 4 is 24.3 Å². The lowest BCUT2D eigenvalue weighted by atomic mass is 9.81. The average molecular weight is 324 g/mol. The van der Waals surface area contributed by atoms with Crippen LogP contribution in [0, 0.1) is 5.41 Å². The van der Waals surface area contributed by atoms with Gasteiger partial charge in [-0.1, -0.05) is 19.1 Å². The first-order chi connectivity index (χ1) is 10.0. The molecule has 4 heteroatoms. The Kier molecular flexibility index (Phi) is 6.64. The highest BCUT2D eigenvalue weighted by Gasteiger charge is 2.43. The zero-order valence-corrected chi connectivity index (χ0v) is 14.7. The molecule has 0 radical (unpaired) electrons. The van der Waals surface area contributed by atoms with E-state index in [4.69, 9.17) is 4.74 Å². The highest BCUT2D eigenvalue weighted by molar-refractivity contribution is 6.05. The third kappa shape index (κ3) is 3.90. The van der Waals surface area contributed by atoms with Gasteiger partial charge in [0.25, 0.3) is 0 Å². The summed E-state index contributed by atoms with van der Waals surface area (Å²) in [5.41, 5.74) is 1.83. The molecule has 1 aliphatic rings. The second-order valence-corrected chi connectivity index (χ2v) is 6.14. The largest absolute Gasteiger partial charge is 0.497 e. The highest BCUT2D eigenvalue weighted by Crippen LogP contribution is 2.42. The van der Waals surface area contributed by atoms with E-state index in [1.165, 1.54) is 0 Å². The van der Waals surface area contributed by atoms with Crippen molar-refractivity contribution in [2.45, 2.75) is 26.2 Å². The number of benzene rings is 1. The predicted molar refractivity (Wildman–Crippen MR) is 93.7 cm³/mol. The number of halogens is 1. The number of ketones is 1. The van der Waals surface area contributed by atoms with E-state index in [1.807, 2.05) is 44.4 Å². The second-order valence-electron chi connectivity index (χ2n) is 6.14. The Labute approximate surface area is 139 Å². The summed E-state index contributed by atoms with van der Waals surface area (Å²) in [6.07, 6.45) is 4.79. The number of Topliss-reactive ketones (excluding diaryl/α,β-unsaturated/α-hetero) is 1. The Bertz CT molecular complexity index is 537. The summed E-state index contributed by atoms with van der Waals surface area (Å²) >= 11 is 0. The normalized spacial score (nSPS) is 23.0. The molecule has 0 aliphatic heterocycles. The molecule has 1 aliphatic carbocycles. The average Bonchev–Trinajstić information content (AvgIpc) is 2.77. The van der Waals surface area contributed by atoms with Crippen molar-refractivity contribution in [3.8, 4) is 5.75 Å². The molecule has 3 nitrogen and oxygen atoms in total. The lowest BCUT2D eigenvalue weighted by Gasteiger charge is -2.28. The molecule has 22 heavy (non-hydrogen) atoms. The van der Waals surface area contributed by atoms with Crippen LogP contribution in [0.15, 0.2) is 29.8 Å². The standard InChI is InChI=1S/C18H25NO2.ClH/c1-5-18(13-19(2)3)11-10-15(17(18)20)12-14-6-8-16(21-4)9-7-14;/h6-9,12H,5,10-11,13H2,1-4H3;1H/b15-12+;. The number of rotatable bonds is 5. The van der Waals surface area contributed by atoms with Crippen molar-refractivity contribution < 1.29 is 9.53 Å². The van der Waals surface area contributed by atoms with Crippen molar-refractivity contribution in [1.82, 2.24) is 4.90 Å². The topological polar surface area (TPSA) is 29.5 Å². The highest BCUT2D eigenvalue weighted by atomic mass is 35.5. The first kappa shape index (κ1) is 18.7. The van der Waals surface area contributed by atoms with Gasteiger partial charge < -0.3 is 9.64 Å². The maximum Gasteiger partial charge on any atom is 0.166 e. The van der Waals surface area contributed by atoms with E-state index < -0.39 is 0 Å². The van der Waals surface area contributed by atoms with E-state index in [2.05, 4.69) is 11.8 Å². The predicted octanol–water partition coefficient (Wildman–Crippen LogP) is 3.82. The van der Waals surface area contributed by atoms with Crippen molar-refractivity contribution in [2.24, 2.45) is 5.41 Å². The molecule has 2 rings (SSSR count). The van der Waals surface area contributed by atoms with Crippen LogP contribution in [-0.4, -0.2) is 38.4 Å². The van der Waals surface area contributed by atoms with Crippen LogP contribution >= 0.6 is 12.4 Å². The number of methoxy groups -OCH3 is 1. The maximum absolute atomic E-state index is 12.8. The van der Waals surface area contributed by atoms with Gasteiger partial charge in [0.2, 0.25) is 0 Å². The molecular weight excluding hydrogens is 298 g/mol. The molecule has 122 valence electrons. The monoisotopic (exact) mass is 323 g/mol. The number of carbonyl (C=O) groups is 1. The Morgan fingerprint density at radius 1 is 1.27 bits per heavy atom. The van der Waals surface area contributed by atoms with Gasteiger partial charge >= 0.3 is 0 Å². The van der Waals surface area contributed by atoms with Crippen LogP contribution in [0.5, 0.6) is 5.75 Å². The van der Waals surface area contributed by atoms with Crippen LogP contribution in [0.3, 0.4) is 0 Å². The van der Waals surface area contributed by atoms with Gasteiger partial charge in [-0.15, -0.1) is 12.4 Å². The third-order valence-corrected chi connectivity index (χ3v) is 4.40. The SMILES string of the molecule is CCC1(CN(C)C)CC/C(=C\c2ccc(OC)cc2)C1=O.Cl. The molecule has 0 amide bonds. The van der Waals surface area contributed by atoms with Crippen LogP contribution in [0.1, 0.15) is 31.7 Å². The van der Waals surface area contributed by atoms with Gasteiger partial charge in [0.05, 0.1) is 7.11 Å². The molecule has 1 aromatic rings. The summed E-state index contributed by atoms with van der Waals surface area (Å²) in [4.78, 5) is 14.9. The van der Waals surface area contributed by atoms with Gasteiger partial charge in [0, 0.05) is 12.0 Å². The minimum atomic E-state index is -0.193. The van der Waals surface area contributed by atoms with Crippen molar-refractivity contribution in [2.75, 3.05) is 27.7 Å². The fraction of sp³-hybridized carbons (Fsp3) is 0.500. The van der Waals surface area contributed by atoms with E-state index in [-0.39, 0.29) is 17.8 Å². The molecule has 1 atom stereocenters. The molecule has 0 saturated heterocycles. The molecule has 0 spiro atoms. The van der Waals surface area contributed by atoms with E-state index in [0.717, 1.165) is 42.7 Å². The zero-order valence-electron chi connectivity index (χ0n) is 13.9. The summed E-state index contributed by atoms with van der Waals surface area (Å²) < 4.78 is 5.16. The molecule has 0 bridgehead atoms. The fourth-order valence-corrected chi connectivity index (χ4v) is 3.19. The van der Waals surface area contributed by atoms with Crippen LogP contribution in [0.25, 0.3) is 6.08 Å². The number of nitrogens with zero attached hydrogens (tertiary/aromatic N) is 1. The van der Waals surface area contributed by atoms with Gasteiger partial charge in [-0.3, -0.25) is 4.79 Å². The summed E-state index contributed by atoms with van der Waals surface area (Å²) in [7, 11) is 5.73. The van der Waals surface area contributed by atoms with E-state index >= 15 is 0 Å². The first-order valence-electron chi connectivity index (χ1n) is 7.55. The first-order valence-corrected chi connectivity index (χ1v) is 7.55. The number of hydrogen-bond donors (Lipinski definition) is 0. The van der Waals surface area contributed by atoms with Crippen molar-refractivity contribution in [1.29, 1.82) is 0 Å². The minimum absolute atomic E-state index is 0. The molecule has 1 aromatic carbocycles. The summed E-state index contributed by atoms with van der Waals surface area (Å²) in [5, 5.41) is 0. The van der Waals surface area contributed by atoms with E-state index in [9.17, 15) is 4.79 Å².